The maximum atomic E-state index is 11.9. The van der Waals surface area contributed by atoms with Crippen molar-refractivity contribution in [2.45, 2.75) is 0 Å². The van der Waals surface area contributed by atoms with E-state index in [0.717, 1.165) is 4.47 Å². The third kappa shape index (κ3) is 3.22. The van der Waals surface area contributed by atoms with Crippen LogP contribution in [0.15, 0.2) is 63.7 Å². The van der Waals surface area contributed by atoms with Crippen LogP contribution in [-0.2, 0) is 9.53 Å². The van der Waals surface area contributed by atoms with Crippen LogP contribution in [0.5, 0.6) is 0 Å². The monoisotopic (exact) mass is 371 g/mol. The normalized spacial score (nSPS) is 15.4. The minimum absolute atomic E-state index is 0.166. The van der Waals surface area contributed by atoms with Crippen molar-refractivity contribution in [3.63, 3.8) is 0 Å². The van der Waals surface area contributed by atoms with E-state index >= 15 is 0 Å². The molecular formula is C17H10BrNO4. The van der Waals surface area contributed by atoms with Crippen LogP contribution in [0.4, 0.5) is 0 Å². The molecule has 23 heavy (non-hydrogen) atoms. The van der Waals surface area contributed by atoms with E-state index in [2.05, 4.69) is 20.9 Å². The summed E-state index contributed by atoms with van der Waals surface area (Å²) in [4.78, 5) is 27.0. The molecule has 5 nitrogen and oxygen atoms in total. The zero-order valence-corrected chi connectivity index (χ0v) is 13.3. The summed E-state index contributed by atoms with van der Waals surface area (Å²) in [6.45, 7) is 0. The van der Waals surface area contributed by atoms with Crippen LogP contribution in [0.2, 0.25) is 0 Å². The highest BCUT2D eigenvalue weighted by molar-refractivity contribution is 9.10. The van der Waals surface area contributed by atoms with Crippen molar-refractivity contribution in [1.29, 1.82) is 0 Å². The number of benzene rings is 2. The molecule has 0 saturated heterocycles. The van der Waals surface area contributed by atoms with Crippen LogP contribution in [0.3, 0.4) is 0 Å². The van der Waals surface area contributed by atoms with E-state index in [9.17, 15) is 9.59 Å². The average Bonchev–Trinajstić information content (AvgIpc) is 2.89. The number of carboxylic acid groups (broad SMARTS) is 1. The maximum absolute atomic E-state index is 11.9. The molecule has 0 aromatic heterocycles. The largest absolute Gasteiger partial charge is 0.478 e. The Bertz CT molecular complexity index is 853. The predicted molar refractivity (Wildman–Crippen MR) is 88.1 cm³/mol. The molecule has 0 unspecified atom stereocenters. The number of carbonyl (C=O) groups excluding carboxylic acids is 1. The van der Waals surface area contributed by atoms with E-state index in [-0.39, 0.29) is 17.2 Å². The highest BCUT2D eigenvalue weighted by atomic mass is 79.9. The molecule has 2 aromatic rings. The first-order chi connectivity index (χ1) is 11.0. The Morgan fingerprint density at radius 1 is 1.13 bits per heavy atom. The van der Waals surface area contributed by atoms with Crippen molar-refractivity contribution in [3.8, 4) is 0 Å². The van der Waals surface area contributed by atoms with Gasteiger partial charge in [0.25, 0.3) is 0 Å². The summed E-state index contributed by atoms with van der Waals surface area (Å²) in [6, 6.07) is 13.4. The van der Waals surface area contributed by atoms with Gasteiger partial charge >= 0.3 is 11.9 Å². The van der Waals surface area contributed by atoms with Gasteiger partial charge in [0, 0.05) is 4.47 Å². The second-order valence-corrected chi connectivity index (χ2v) is 5.60. The van der Waals surface area contributed by atoms with Gasteiger partial charge < -0.3 is 9.84 Å². The van der Waals surface area contributed by atoms with E-state index in [1.807, 2.05) is 18.2 Å². The first-order valence-electron chi connectivity index (χ1n) is 6.65. The van der Waals surface area contributed by atoms with Crippen LogP contribution < -0.4 is 0 Å². The summed E-state index contributed by atoms with van der Waals surface area (Å²) in [7, 11) is 0. The number of esters is 1. The van der Waals surface area contributed by atoms with Gasteiger partial charge in [-0.05, 0) is 51.8 Å². The Hall–Kier alpha value is -2.73. The number of carbonyl (C=O) groups is 2. The molecule has 0 amide bonds. The number of aromatic carboxylic acids is 1. The number of hydrogen-bond acceptors (Lipinski definition) is 4. The minimum atomic E-state index is -1.00. The van der Waals surface area contributed by atoms with Gasteiger partial charge in [0.2, 0.25) is 5.90 Å². The average molecular weight is 372 g/mol. The maximum Gasteiger partial charge on any atom is 0.363 e. The topological polar surface area (TPSA) is 76.0 Å². The van der Waals surface area contributed by atoms with Crippen molar-refractivity contribution < 1.29 is 19.4 Å². The van der Waals surface area contributed by atoms with Gasteiger partial charge in [0.05, 0.1) is 11.1 Å². The molecule has 1 aliphatic rings. The fraction of sp³-hybridized carbons (Fsp3) is 0. The van der Waals surface area contributed by atoms with Gasteiger partial charge in [-0.2, -0.15) is 0 Å². The molecule has 1 heterocycles. The highest BCUT2D eigenvalue weighted by Gasteiger charge is 2.25. The smallest absolute Gasteiger partial charge is 0.363 e. The number of rotatable bonds is 3. The molecule has 114 valence electrons. The number of halogens is 1. The number of cyclic esters (lactones) is 1. The Kier molecular flexibility index (Phi) is 4.08. The summed E-state index contributed by atoms with van der Waals surface area (Å²) in [5, 5.41) is 8.87. The molecule has 6 heteroatoms. The molecule has 0 atom stereocenters. The Morgan fingerprint density at radius 2 is 1.83 bits per heavy atom. The lowest BCUT2D eigenvalue weighted by Crippen LogP contribution is -2.05. The SMILES string of the molecule is O=C1OC(c2ccccc2Br)=N/C1=C/c1ccc(C(=O)O)cc1. The van der Waals surface area contributed by atoms with Crippen molar-refractivity contribution in [2.75, 3.05) is 0 Å². The standard InChI is InChI=1S/C17H10BrNO4/c18-13-4-2-1-3-12(13)15-19-14(17(22)23-15)9-10-5-7-11(8-6-10)16(20)21/h1-9H,(H,20,21)/b14-9+. The lowest BCUT2D eigenvalue weighted by atomic mass is 10.1. The lowest BCUT2D eigenvalue weighted by Gasteiger charge is -2.01. The van der Waals surface area contributed by atoms with Gasteiger partial charge in [-0.15, -0.1) is 0 Å². The molecule has 0 aliphatic carbocycles. The third-order valence-corrected chi connectivity index (χ3v) is 3.88. The van der Waals surface area contributed by atoms with Gasteiger partial charge in [-0.3, -0.25) is 0 Å². The van der Waals surface area contributed by atoms with Gasteiger partial charge in [0.15, 0.2) is 5.70 Å². The molecule has 0 bridgehead atoms. The van der Waals surface area contributed by atoms with E-state index < -0.39 is 11.9 Å². The van der Waals surface area contributed by atoms with E-state index in [1.165, 1.54) is 12.1 Å². The molecule has 0 radical (unpaired) electrons. The number of hydrogen-bond donors (Lipinski definition) is 1. The number of ether oxygens (including phenoxy) is 1. The van der Waals surface area contributed by atoms with Crippen molar-refractivity contribution in [3.05, 3.63) is 75.4 Å². The summed E-state index contributed by atoms with van der Waals surface area (Å²) < 4.78 is 5.97. The zero-order valence-electron chi connectivity index (χ0n) is 11.7. The van der Waals surface area contributed by atoms with Crippen LogP contribution in [0.25, 0.3) is 6.08 Å². The molecule has 0 fully saturated rings. The van der Waals surface area contributed by atoms with Gasteiger partial charge in [0.1, 0.15) is 0 Å². The zero-order chi connectivity index (χ0) is 16.4. The number of aliphatic imine (C=N–C) groups is 1. The fourth-order valence-corrected chi connectivity index (χ4v) is 2.49. The summed E-state index contributed by atoms with van der Waals surface area (Å²) in [6.07, 6.45) is 1.55. The van der Waals surface area contributed by atoms with E-state index in [4.69, 9.17) is 9.84 Å². The lowest BCUT2D eigenvalue weighted by molar-refractivity contribution is -0.129. The second kappa shape index (κ2) is 6.18. The van der Waals surface area contributed by atoms with Crippen LogP contribution in [0, 0.1) is 0 Å². The second-order valence-electron chi connectivity index (χ2n) is 4.74. The molecule has 1 aliphatic heterocycles. The summed E-state index contributed by atoms with van der Waals surface area (Å²) in [5.41, 5.74) is 1.70. The van der Waals surface area contributed by atoms with E-state index in [1.54, 1.807) is 24.3 Å². The Morgan fingerprint density at radius 3 is 2.48 bits per heavy atom. The first-order valence-corrected chi connectivity index (χ1v) is 7.45. The number of carboxylic acids is 1. The van der Waals surface area contributed by atoms with Crippen LogP contribution >= 0.6 is 15.9 Å². The number of nitrogens with zero attached hydrogens (tertiary/aromatic N) is 1. The Balaban J connectivity index is 1.92. The first kappa shape index (κ1) is 15.2. The van der Waals surface area contributed by atoms with Crippen molar-refractivity contribution in [2.24, 2.45) is 4.99 Å². The molecular weight excluding hydrogens is 362 g/mol. The minimum Gasteiger partial charge on any atom is -0.478 e. The van der Waals surface area contributed by atoms with Crippen molar-refractivity contribution >= 4 is 39.8 Å². The van der Waals surface area contributed by atoms with Gasteiger partial charge in [-0.1, -0.05) is 24.3 Å². The quantitative estimate of drug-likeness (QED) is 0.661. The Labute approximate surface area is 140 Å². The molecule has 2 aromatic carbocycles. The summed E-state index contributed by atoms with van der Waals surface area (Å²) >= 11 is 3.39. The third-order valence-electron chi connectivity index (χ3n) is 3.19. The molecule has 1 N–H and O–H groups in total. The van der Waals surface area contributed by atoms with Crippen LogP contribution in [0.1, 0.15) is 21.5 Å². The van der Waals surface area contributed by atoms with Crippen molar-refractivity contribution in [1.82, 2.24) is 0 Å². The molecule has 0 saturated carbocycles. The summed E-state index contributed by atoms with van der Waals surface area (Å²) in [5.74, 6) is -1.31. The highest BCUT2D eigenvalue weighted by Crippen LogP contribution is 2.23. The molecule has 0 spiro atoms. The fourth-order valence-electron chi connectivity index (χ4n) is 2.04. The van der Waals surface area contributed by atoms with Gasteiger partial charge in [-0.25, -0.2) is 14.6 Å². The van der Waals surface area contributed by atoms with Crippen LogP contribution in [-0.4, -0.2) is 22.9 Å². The molecule has 3 rings (SSSR count). The van der Waals surface area contributed by atoms with E-state index in [0.29, 0.717) is 11.1 Å². The predicted octanol–water partition coefficient (Wildman–Crippen LogP) is 3.49.